The predicted octanol–water partition coefficient (Wildman–Crippen LogP) is 3.66. The fourth-order valence-electron chi connectivity index (χ4n) is 1.23. The monoisotopic (exact) mass is 403 g/mol. The van der Waals surface area contributed by atoms with E-state index in [0.29, 0.717) is 15.6 Å². The summed E-state index contributed by atoms with van der Waals surface area (Å²) in [6.07, 6.45) is 1.78. The third kappa shape index (κ3) is 4.98. The van der Waals surface area contributed by atoms with Crippen molar-refractivity contribution >= 4 is 53.2 Å². The van der Waals surface area contributed by atoms with Crippen molar-refractivity contribution in [1.29, 1.82) is 0 Å². The quantitative estimate of drug-likeness (QED) is 0.580. The molecular formula is C10H15Br2NO2S2. The molecule has 0 aliphatic heterocycles. The zero-order chi connectivity index (χ0) is 13.1. The Bertz CT molecular complexity index is 449. The van der Waals surface area contributed by atoms with E-state index >= 15 is 0 Å². The van der Waals surface area contributed by atoms with Gasteiger partial charge in [0.05, 0.1) is 3.79 Å². The molecular weight excluding hydrogens is 390 g/mol. The van der Waals surface area contributed by atoms with Crippen LogP contribution in [0.25, 0.3) is 0 Å². The zero-order valence-corrected chi connectivity index (χ0v) is 14.5. The molecule has 1 aromatic rings. The van der Waals surface area contributed by atoms with Crippen LogP contribution < -0.4 is 4.72 Å². The van der Waals surface area contributed by atoms with Gasteiger partial charge in [-0.2, -0.15) is 0 Å². The molecule has 98 valence electrons. The second-order valence-corrected chi connectivity index (χ2v) is 9.77. The third-order valence-corrected chi connectivity index (χ3v) is 6.70. The first-order valence-electron chi connectivity index (χ1n) is 5.22. The van der Waals surface area contributed by atoms with Crippen molar-refractivity contribution in [3.05, 3.63) is 15.4 Å². The molecule has 1 heterocycles. The van der Waals surface area contributed by atoms with Gasteiger partial charge in [0.1, 0.15) is 4.21 Å². The molecule has 1 atom stereocenters. The van der Waals surface area contributed by atoms with Gasteiger partial charge in [-0.05, 0) is 47.3 Å². The third-order valence-electron chi connectivity index (χ3n) is 2.17. The minimum absolute atomic E-state index is 0.369. The fourth-order valence-corrected chi connectivity index (χ4v) is 4.89. The second kappa shape index (κ2) is 6.65. The maximum Gasteiger partial charge on any atom is 0.250 e. The largest absolute Gasteiger partial charge is 0.250 e. The Labute approximate surface area is 123 Å². The van der Waals surface area contributed by atoms with E-state index in [4.69, 9.17) is 0 Å². The maximum atomic E-state index is 11.9. The van der Waals surface area contributed by atoms with Crippen LogP contribution in [0.2, 0.25) is 0 Å². The molecule has 0 radical (unpaired) electrons. The first-order chi connectivity index (χ1) is 7.83. The summed E-state index contributed by atoms with van der Waals surface area (Å²) in [4.78, 5) is 0.421. The van der Waals surface area contributed by atoms with Crippen LogP contribution in [0.4, 0.5) is 0 Å². The standard InChI is InChI=1S/C10H15Br2NO2S2/c1-7-6-9(16-10(7)12)17(14,15)13-5-3-4-8(2)11/h6,8,13H,3-5H2,1-2H3. The van der Waals surface area contributed by atoms with Gasteiger partial charge in [-0.1, -0.05) is 22.9 Å². The summed E-state index contributed by atoms with van der Waals surface area (Å²) >= 11 is 8.00. The molecule has 17 heavy (non-hydrogen) atoms. The van der Waals surface area contributed by atoms with Crippen LogP contribution >= 0.6 is 43.2 Å². The number of rotatable bonds is 6. The summed E-state index contributed by atoms with van der Waals surface area (Å²) in [7, 11) is -3.34. The van der Waals surface area contributed by atoms with Crippen LogP contribution in [0.15, 0.2) is 14.1 Å². The number of hydrogen-bond donors (Lipinski definition) is 1. The van der Waals surface area contributed by atoms with Crippen LogP contribution in [-0.4, -0.2) is 19.8 Å². The van der Waals surface area contributed by atoms with Gasteiger partial charge in [0.25, 0.3) is 0 Å². The molecule has 3 nitrogen and oxygen atoms in total. The van der Waals surface area contributed by atoms with Crippen molar-refractivity contribution in [2.45, 2.75) is 35.7 Å². The van der Waals surface area contributed by atoms with E-state index in [1.165, 1.54) is 11.3 Å². The van der Waals surface area contributed by atoms with Crippen molar-refractivity contribution in [3.63, 3.8) is 0 Å². The molecule has 1 unspecified atom stereocenters. The summed E-state index contributed by atoms with van der Waals surface area (Å²) in [6, 6.07) is 1.68. The molecule has 0 aliphatic rings. The van der Waals surface area contributed by atoms with E-state index in [1.54, 1.807) is 6.07 Å². The average molecular weight is 405 g/mol. The number of nitrogens with one attached hydrogen (secondary N) is 1. The molecule has 0 spiro atoms. The van der Waals surface area contributed by atoms with Crippen LogP contribution in [0.1, 0.15) is 25.3 Å². The minimum Gasteiger partial charge on any atom is -0.210 e. The van der Waals surface area contributed by atoms with Crippen LogP contribution in [-0.2, 0) is 10.0 Å². The summed E-state index contributed by atoms with van der Waals surface area (Å²) in [5.41, 5.74) is 0.949. The zero-order valence-electron chi connectivity index (χ0n) is 9.66. The van der Waals surface area contributed by atoms with Crippen LogP contribution in [0.3, 0.4) is 0 Å². The van der Waals surface area contributed by atoms with E-state index in [2.05, 4.69) is 36.6 Å². The molecule has 0 amide bonds. The molecule has 1 aromatic heterocycles. The number of hydrogen-bond acceptors (Lipinski definition) is 3. The first-order valence-corrected chi connectivity index (χ1v) is 9.23. The van der Waals surface area contributed by atoms with E-state index in [-0.39, 0.29) is 0 Å². The summed E-state index contributed by atoms with van der Waals surface area (Å²) in [5.74, 6) is 0. The fraction of sp³-hybridized carbons (Fsp3) is 0.600. The lowest BCUT2D eigenvalue weighted by Gasteiger charge is -2.05. The maximum absolute atomic E-state index is 11.9. The van der Waals surface area contributed by atoms with Gasteiger partial charge >= 0.3 is 0 Å². The number of sulfonamides is 1. The Hall–Kier alpha value is 0.570. The second-order valence-electron chi connectivity index (χ2n) is 3.84. The SMILES string of the molecule is Cc1cc(S(=O)(=O)NCCCC(C)Br)sc1Br. The molecule has 1 rings (SSSR count). The Balaban J connectivity index is 2.57. The molecule has 0 bridgehead atoms. The number of aryl methyl sites for hydroxylation is 1. The van der Waals surface area contributed by atoms with Gasteiger partial charge in [-0.25, -0.2) is 13.1 Å². The van der Waals surface area contributed by atoms with E-state index in [1.807, 2.05) is 13.8 Å². The Morgan fingerprint density at radius 1 is 1.53 bits per heavy atom. The van der Waals surface area contributed by atoms with Gasteiger partial charge in [0.15, 0.2) is 0 Å². The highest BCUT2D eigenvalue weighted by Crippen LogP contribution is 2.30. The predicted molar refractivity (Wildman–Crippen MR) is 79.6 cm³/mol. The lowest BCUT2D eigenvalue weighted by Crippen LogP contribution is -2.24. The van der Waals surface area contributed by atoms with Crippen molar-refractivity contribution in [3.8, 4) is 0 Å². The Morgan fingerprint density at radius 3 is 2.65 bits per heavy atom. The topological polar surface area (TPSA) is 46.2 Å². The van der Waals surface area contributed by atoms with E-state index in [0.717, 1.165) is 22.2 Å². The minimum atomic E-state index is -3.34. The van der Waals surface area contributed by atoms with Gasteiger partial charge in [-0.15, -0.1) is 11.3 Å². The highest BCUT2D eigenvalue weighted by atomic mass is 79.9. The molecule has 1 N–H and O–H groups in total. The van der Waals surface area contributed by atoms with Gasteiger partial charge in [-0.3, -0.25) is 0 Å². The van der Waals surface area contributed by atoms with Crippen molar-refractivity contribution < 1.29 is 8.42 Å². The summed E-state index contributed by atoms with van der Waals surface area (Å²) in [6.45, 7) is 4.41. The molecule has 7 heteroatoms. The highest BCUT2D eigenvalue weighted by molar-refractivity contribution is 9.11. The average Bonchev–Trinajstić information content (AvgIpc) is 2.55. The van der Waals surface area contributed by atoms with Crippen molar-refractivity contribution in [2.75, 3.05) is 6.54 Å². The smallest absolute Gasteiger partial charge is 0.210 e. The molecule has 0 fully saturated rings. The molecule has 0 saturated carbocycles. The summed E-state index contributed by atoms with van der Waals surface area (Å²) < 4.78 is 27.7. The number of halogens is 2. The van der Waals surface area contributed by atoms with E-state index < -0.39 is 10.0 Å². The number of alkyl halides is 1. The van der Waals surface area contributed by atoms with Gasteiger partial charge < -0.3 is 0 Å². The lowest BCUT2D eigenvalue weighted by atomic mass is 10.2. The molecule has 0 aliphatic carbocycles. The van der Waals surface area contributed by atoms with Crippen LogP contribution in [0.5, 0.6) is 0 Å². The Morgan fingerprint density at radius 2 is 2.18 bits per heavy atom. The van der Waals surface area contributed by atoms with Gasteiger partial charge in [0.2, 0.25) is 10.0 Å². The lowest BCUT2D eigenvalue weighted by molar-refractivity contribution is 0.579. The van der Waals surface area contributed by atoms with Gasteiger partial charge in [0, 0.05) is 11.4 Å². The van der Waals surface area contributed by atoms with Crippen molar-refractivity contribution in [1.82, 2.24) is 4.72 Å². The van der Waals surface area contributed by atoms with Crippen molar-refractivity contribution in [2.24, 2.45) is 0 Å². The highest BCUT2D eigenvalue weighted by Gasteiger charge is 2.17. The molecule has 0 aromatic carbocycles. The number of thiophene rings is 1. The summed E-state index contributed by atoms with van der Waals surface area (Å²) in [5, 5.41) is 0. The van der Waals surface area contributed by atoms with E-state index in [9.17, 15) is 8.42 Å². The molecule has 0 saturated heterocycles. The first kappa shape index (κ1) is 15.6. The Kier molecular flexibility index (Phi) is 6.12. The normalized spacial score (nSPS) is 13.9. The van der Waals surface area contributed by atoms with Crippen LogP contribution in [0, 0.1) is 6.92 Å².